The van der Waals surface area contributed by atoms with Crippen molar-refractivity contribution >= 4 is 13.9 Å². The number of ether oxygens (including phenoxy) is 1. The number of carbonyl (C=O) groups excluding carboxylic acids is 1. The molecule has 1 rings (SSSR count). The second-order valence-corrected chi connectivity index (χ2v) is 13.7. The zero-order valence-electron chi connectivity index (χ0n) is 18.4. The minimum absolute atomic E-state index is 0.0259. The molecule has 0 aromatic heterocycles. The molecule has 0 amide bonds. The lowest BCUT2D eigenvalue weighted by atomic mass is 10.0. The Balaban J connectivity index is 2.92. The predicted octanol–water partition coefficient (Wildman–Crippen LogP) is 5.86. The highest BCUT2D eigenvalue weighted by atomic mass is 28.4. The zero-order valence-corrected chi connectivity index (χ0v) is 19.4. The Labute approximate surface area is 165 Å². The van der Waals surface area contributed by atoms with Gasteiger partial charge in [0.15, 0.2) is 0 Å². The molecule has 0 spiro atoms. The van der Waals surface area contributed by atoms with E-state index in [1.54, 1.807) is 0 Å². The smallest absolute Gasteiger partial charge is 0.340 e. The predicted molar refractivity (Wildman–Crippen MR) is 111 cm³/mol. The summed E-state index contributed by atoms with van der Waals surface area (Å²) < 4.78 is 12.2. The first-order chi connectivity index (χ1) is 12.3. The average molecular weight is 399 g/mol. The Kier molecular flexibility index (Phi) is 8.35. The molecular weight excluding hydrogens is 360 g/mol. The quantitative estimate of drug-likeness (QED) is 0.222. The van der Waals surface area contributed by atoms with Gasteiger partial charge in [-0.2, -0.15) is 5.06 Å². The first kappa shape index (κ1) is 24.0. The number of carbonyl (C=O) groups is 1. The van der Waals surface area contributed by atoms with E-state index in [1.165, 1.54) is 0 Å². The highest BCUT2D eigenvalue weighted by molar-refractivity contribution is 6.99. The topological polar surface area (TPSA) is 87.5 Å². The van der Waals surface area contributed by atoms with Gasteiger partial charge in [0.25, 0.3) is 0 Å². The van der Waals surface area contributed by atoms with Crippen LogP contribution in [0.4, 0.5) is 4.79 Å². The van der Waals surface area contributed by atoms with Crippen LogP contribution in [0.2, 0.25) is 12.6 Å². The monoisotopic (exact) mass is 398 g/mol. The van der Waals surface area contributed by atoms with Crippen LogP contribution in [0.25, 0.3) is 10.4 Å². The lowest BCUT2D eigenvalue weighted by Gasteiger charge is -2.38. The van der Waals surface area contributed by atoms with E-state index < -0.39 is 13.9 Å². The van der Waals surface area contributed by atoms with Crippen molar-refractivity contribution in [1.82, 2.24) is 5.06 Å². The maximum atomic E-state index is 13.0. The fourth-order valence-electron chi connectivity index (χ4n) is 3.68. The van der Waals surface area contributed by atoms with E-state index in [-0.39, 0.29) is 23.0 Å². The van der Waals surface area contributed by atoms with Crippen LogP contribution in [0.5, 0.6) is 0 Å². The molecule has 1 saturated heterocycles. The van der Waals surface area contributed by atoms with E-state index in [0.29, 0.717) is 12.6 Å². The van der Waals surface area contributed by atoms with Gasteiger partial charge in [-0.3, -0.25) is 4.79 Å². The summed E-state index contributed by atoms with van der Waals surface area (Å²) >= 11 is 0. The zero-order chi connectivity index (χ0) is 20.9. The minimum Gasteiger partial charge on any atom is -0.462 e. The van der Waals surface area contributed by atoms with E-state index in [2.05, 4.69) is 37.7 Å². The van der Waals surface area contributed by atoms with Gasteiger partial charge < -0.3 is 9.26 Å². The van der Waals surface area contributed by atoms with Gasteiger partial charge in [0.2, 0.25) is 0 Å². The fourth-order valence-corrected chi connectivity index (χ4v) is 7.27. The highest BCUT2D eigenvalue weighted by Gasteiger charge is 2.48. The summed E-state index contributed by atoms with van der Waals surface area (Å²) in [6.45, 7) is 17.5. The number of nitrogens with zero attached hydrogens (tertiary/aromatic N) is 4. The molecule has 156 valence electrons. The lowest BCUT2D eigenvalue weighted by Crippen LogP contribution is -2.54. The Bertz CT molecular complexity index is 552. The van der Waals surface area contributed by atoms with Crippen LogP contribution in [0.3, 0.4) is 0 Å². The maximum absolute atomic E-state index is 13.0. The molecule has 0 aromatic carbocycles. The van der Waals surface area contributed by atoms with Crippen molar-refractivity contribution < 1.29 is 14.1 Å². The van der Waals surface area contributed by atoms with Gasteiger partial charge in [-0.15, -0.1) is 0 Å². The van der Waals surface area contributed by atoms with E-state index >= 15 is 0 Å². The standard InChI is InChI=1S/C19H38N4O3Si/c1-15(13-21-22-20)12-16-10-9-11-23(16)26-27(8,14-18(2,3)4)17(24)25-19(5,6)7/h15-16H,9-14H2,1-8H3/t15-,16-,27?/m1/s1. The van der Waals surface area contributed by atoms with Crippen LogP contribution in [-0.4, -0.2) is 43.7 Å². The van der Waals surface area contributed by atoms with Gasteiger partial charge in [-0.05, 0) is 69.5 Å². The third-order valence-corrected chi connectivity index (χ3v) is 7.81. The van der Waals surface area contributed by atoms with Gasteiger partial charge in [0.05, 0.1) is 0 Å². The van der Waals surface area contributed by atoms with Crippen LogP contribution in [0.1, 0.15) is 67.7 Å². The van der Waals surface area contributed by atoms with Crippen LogP contribution < -0.4 is 0 Å². The van der Waals surface area contributed by atoms with Gasteiger partial charge >= 0.3 is 13.9 Å². The fraction of sp³-hybridized carbons (Fsp3) is 0.947. The third kappa shape index (κ3) is 8.64. The molecule has 1 heterocycles. The van der Waals surface area contributed by atoms with Crippen LogP contribution >= 0.6 is 0 Å². The first-order valence-electron chi connectivity index (χ1n) is 9.96. The van der Waals surface area contributed by atoms with E-state index in [1.807, 2.05) is 32.4 Å². The minimum atomic E-state index is -2.80. The van der Waals surface area contributed by atoms with Crippen LogP contribution in [0.15, 0.2) is 5.11 Å². The summed E-state index contributed by atoms with van der Waals surface area (Å²) in [6, 6.07) is 0.954. The molecule has 0 aliphatic carbocycles. The Morgan fingerprint density at radius 1 is 1.33 bits per heavy atom. The summed E-state index contributed by atoms with van der Waals surface area (Å²) in [5, 5.41) is 5.71. The summed E-state index contributed by atoms with van der Waals surface area (Å²) in [5.74, 6) is 0.284. The summed E-state index contributed by atoms with van der Waals surface area (Å²) in [4.78, 5) is 15.9. The first-order valence-corrected chi connectivity index (χ1v) is 12.6. The number of hydrogen-bond acceptors (Lipinski definition) is 5. The van der Waals surface area contributed by atoms with E-state index in [4.69, 9.17) is 14.8 Å². The van der Waals surface area contributed by atoms with E-state index in [9.17, 15) is 4.79 Å². The SMILES string of the molecule is C[C@@H](CN=[N+]=[N-])C[C@H]1CCCN1O[Si](C)(CC(C)(C)C)C(=O)OC(C)(C)C. The normalized spacial score (nSPS) is 22.0. The molecule has 0 saturated carbocycles. The maximum Gasteiger partial charge on any atom is 0.340 e. The van der Waals surface area contributed by atoms with Crippen molar-refractivity contribution in [3.63, 3.8) is 0 Å². The number of azide groups is 1. The summed E-state index contributed by atoms with van der Waals surface area (Å²) in [7, 11) is -2.80. The van der Waals surface area contributed by atoms with Crippen molar-refractivity contribution in [3.8, 4) is 0 Å². The molecule has 1 aliphatic heterocycles. The summed E-state index contributed by atoms with van der Waals surface area (Å²) in [6.07, 6.45) is 2.98. The Hall–Kier alpha value is -1.08. The van der Waals surface area contributed by atoms with Crippen molar-refractivity contribution in [3.05, 3.63) is 10.4 Å². The number of rotatable bonds is 8. The summed E-state index contributed by atoms with van der Waals surface area (Å²) in [5.41, 5.74) is 7.78. The molecule has 27 heavy (non-hydrogen) atoms. The van der Waals surface area contributed by atoms with Crippen molar-refractivity contribution in [2.75, 3.05) is 13.1 Å². The second-order valence-electron chi connectivity index (χ2n) is 10.3. The molecule has 3 atom stereocenters. The van der Waals surface area contributed by atoms with Gasteiger partial charge in [0.1, 0.15) is 5.60 Å². The molecule has 0 radical (unpaired) electrons. The molecule has 0 N–H and O–H groups in total. The molecule has 1 aliphatic rings. The van der Waals surface area contributed by atoms with Crippen molar-refractivity contribution in [2.24, 2.45) is 16.4 Å². The third-order valence-electron chi connectivity index (χ3n) is 4.47. The molecule has 7 nitrogen and oxygen atoms in total. The van der Waals surface area contributed by atoms with Crippen LogP contribution in [-0.2, 0) is 9.26 Å². The Morgan fingerprint density at radius 3 is 2.48 bits per heavy atom. The lowest BCUT2D eigenvalue weighted by molar-refractivity contribution is -0.0883. The molecule has 0 aromatic rings. The molecular formula is C19H38N4O3Si. The van der Waals surface area contributed by atoms with Gasteiger partial charge in [-0.25, -0.2) is 0 Å². The van der Waals surface area contributed by atoms with E-state index in [0.717, 1.165) is 25.8 Å². The number of hydroxylamine groups is 2. The second kappa shape index (κ2) is 9.41. The average Bonchev–Trinajstić information content (AvgIpc) is 2.88. The highest BCUT2D eigenvalue weighted by Crippen LogP contribution is 2.34. The van der Waals surface area contributed by atoms with Gasteiger partial charge in [-0.1, -0.05) is 32.8 Å². The molecule has 1 fully saturated rings. The van der Waals surface area contributed by atoms with Crippen molar-refractivity contribution in [1.29, 1.82) is 0 Å². The number of hydrogen-bond donors (Lipinski definition) is 0. The van der Waals surface area contributed by atoms with Gasteiger partial charge in [0, 0.05) is 24.0 Å². The molecule has 0 bridgehead atoms. The van der Waals surface area contributed by atoms with Crippen molar-refractivity contribution in [2.45, 2.75) is 92.0 Å². The Morgan fingerprint density at radius 2 is 1.96 bits per heavy atom. The largest absolute Gasteiger partial charge is 0.462 e. The molecule has 1 unspecified atom stereocenters. The molecule has 8 heteroatoms. The van der Waals surface area contributed by atoms with Crippen LogP contribution in [0, 0.1) is 11.3 Å².